The van der Waals surface area contributed by atoms with Crippen molar-refractivity contribution in [2.45, 2.75) is 46.2 Å². The number of hydrogen-bond acceptors (Lipinski definition) is 4. The van der Waals surface area contributed by atoms with Crippen LogP contribution in [0.15, 0.2) is 18.2 Å². The average molecular weight is 356 g/mol. The summed E-state index contributed by atoms with van der Waals surface area (Å²) in [6, 6.07) is 5.49. The van der Waals surface area contributed by atoms with Crippen LogP contribution in [0.25, 0.3) is 0 Å². The van der Waals surface area contributed by atoms with Gasteiger partial charge in [-0.3, -0.25) is 4.79 Å². The highest BCUT2D eigenvalue weighted by molar-refractivity contribution is 7.88. The Morgan fingerprint density at radius 2 is 1.88 bits per heavy atom. The third kappa shape index (κ3) is 5.49. The van der Waals surface area contributed by atoms with Gasteiger partial charge in [-0.15, -0.1) is 0 Å². The first-order valence-corrected chi connectivity index (χ1v) is 10.0. The molecular weight excluding hydrogens is 326 g/mol. The van der Waals surface area contributed by atoms with E-state index >= 15 is 0 Å². The Hall–Kier alpha value is -1.60. The largest absolute Gasteiger partial charge is 0.377 e. The van der Waals surface area contributed by atoms with E-state index in [0.29, 0.717) is 12.1 Å². The van der Waals surface area contributed by atoms with Gasteiger partial charge in [0.05, 0.1) is 6.26 Å². The van der Waals surface area contributed by atoms with Crippen molar-refractivity contribution in [1.82, 2.24) is 4.31 Å². The topological polar surface area (TPSA) is 69.7 Å². The van der Waals surface area contributed by atoms with Crippen molar-refractivity contribution in [3.05, 3.63) is 23.8 Å². The highest BCUT2D eigenvalue weighted by Crippen LogP contribution is 2.26. The Balaban J connectivity index is 3.26. The van der Waals surface area contributed by atoms with Gasteiger partial charge in [0.2, 0.25) is 15.9 Å². The second kappa shape index (κ2) is 8.48. The summed E-state index contributed by atoms with van der Waals surface area (Å²) in [4.78, 5) is 13.6. The fourth-order valence-corrected chi connectivity index (χ4v) is 3.62. The van der Waals surface area contributed by atoms with E-state index in [-0.39, 0.29) is 18.5 Å². The lowest BCUT2D eigenvalue weighted by Gasteiger charge is -2.28. The predicted molar refractivity (Wildman–Crippen MR) is 99.8 cm³/mol. The van der Waals surface area contributed by atoms with Gasteiger partial charge < -0.3 is 10.2 Å². The third-order valence-corrected chi connectivity index (χ3v) is 5.34. The van der Waals surface area contributed by atoms with Crippen LogP contribution >= 0.6 is 0 Å². The highest BCUT2D eigenvalue weighted by Gasteiger charge is 2.24. The number of carbonyl (C=O) groups excluding carboxylic acids is 1. The Kier molecular flexibility index (Phi) is 7.23. The average Bonchev–Trinajstić information content (AvgIpc) is 2.50. The van der Waals surface area contributed by atoms with Crippen molar-refractivity contribution < 1.29 is 13.2 Å². The Labute approximate surface area is 145 Å². The number of benzene rings is 1. The van der Waals surface area contributed by atoms with Crippen LogP contribution in [0.5, 0.6) is 0 Å². The minimum absolute atomic E-state index is 0.0690. The first-order chi connectivity index (χ1) is 11.1. The smallest absolute Gasteiger partial charge is 0.224 e. The maximum Gasteiger partial charge on any atom is 0.224 e. The molecule has 0 aromatic heterocycles. The molecule has 24 heavy (non-hydrogen) atoms. The van der Waals surface area contributed by atoms with Crippen LogP contribution in [0.4, 0.5) is 11.4 Å². The second-order valence-electron chi connectivity index (χ2n) is 6.21. The third-order valence-electron chi connectivity index (χ3n) is 4.00. The molecule has 1 rings (SSSR count). The summed E-state index contributed by atoms with van der Waals surface area (Å²) in [5, 5.41) is 2.83. The number of sulfonamides is 1. The van der Waals surface area contributed by atoms with Gasteiger partial charge in [-0.2, -0.15) is 4.31 Å². The maximum atomic E-state index is 12.2. The molecule has 6 nitrogen and oxygen atoms in total. The van der Waals surface area contributed by atoms with Crippen LogP contribution in [0.2, 0.25) is 0 Å². The number of nitrogens with one attached hydrogen (secondary N) is 1. The van der Waals surface area contributed by atoms with Crippen molar-refractivity contribution in [3.8, 4) is 0 Å². The maximum absolute atomic E-state index is 12.2. The summed E-state index contributed by atoms with van der Waals surface area (Å²) in [7, 11) is 0.498. The van der Waals surface area contributed by atoms with Crippen LogP contribution in [-0.4, -0.2) is 45.0 Å². The molecule has 0 heterocycles. The van der Waals surface area contributed by atoms with Crippen LogP contribution < -0.4 is 10.2 Å². The number of carbonyl (C=O) groups is 1. The summed E-state index contributed by atoms with van der Waals surface area (Å²) in [6.45, 7) is 5.93. The molecule has 7 heteroatoms. The van der Waals surface area contributed by atoms with Crippen molar-refractivity contribution in [1.29, 1.82) is 0 Å². The molecule has 1 aromatic rings. The van der Waals surface area contributed by atoms with Crippen molar-refractivity contribution in [3.63, 3.8) is 0 Å². The molecular formula is C17H29N3O3S. The quantitative estimate of drug-likeness (QED) is 0.778. The summed E-state index contributed by atoms with van der Waals surface area (Å²) >= 11 is 0. The fraction of sp³-hybridized carbons (Fsp3) is 0.588. The zero-order chi connectivity index (χ0) is 18.5. The van der Waals surface area contributed by atoms with E-state index < -0.39 is 10.0 Å². The summed E-state index contributed by atoms with van der Waals surface area (Å²) in [6.07, 6.45) is 2.36. The van der Waals surface area contributed by atoms with E-state index in [1.165, 1.54) is 10.6 Å². The molecule has 0 aliphatic carbocycles. The zero-order valence-corrected chi connectivity index (χ0v) is 16.3. The zero-order valence-electron chi connectivity index (χ0n) is 15.5. The lowest BCUT2D eigenvalue weighted by Crippen LogP contribution is -2.37. The van der Waals surface area contributed by atoms with Crippen LogP contribution in [0.1, 0.15) is 39.2 Å². The highest BCUT2D eigenvalue weighted by atomic mass is 32.2. The van der Waals surface area contributed by atoms with Crippen molar-refractivity contribution in [2.75, 3.05) is 30.6 Å². The lowest BCUT2D eigenvalue weighted by atomic mass is 10.1. The molecule has 1 amide bonds. The first-order valence-electron chi connectivity index (χ1n) is 8.17. The summed E-state index contributed by atoms with van der Waals surface area (Å²) < 4.78 is 25.8. The molecule has 1 N–H and O–H groups in total. The van der Waals surface area contributed by atoms with Crippen molar-refractivity contribution >= 4 is 27.3 Å². The summed E-state index contributed by atoms with van der Waals surface area (Å²) in [5.41, 5.74) is 2.47. The van der Waals surface area contributed by atoms with Crippen LogP contribution in [-0.2, 0) is 21.4 Å². The van der Waals surface area contributed by atoms with E-state index in [4.69, 9.17) is 0 Å². The lowest BCUT2D eigenvalue weighted by molar-refractivity contribution is -0.115. The minimum Gasteiger partial charge on any atom is -0.377 e. The fourth-order valence-electron chi connectivity index (χ4n) is 2.45. The van der Waals surface area contributed by atoms with Gasteiger partial charge in [-0.1, -0.05) is 13.8 Å². The molecule has 0 radical (unpaired) electrons. The molecule has 1 aromatic carbocycles. The molecule has 0 fully saturated rings. The van der Waals surface area contributed by atoms with Gasteiger partial charge in [0.1, 0.15) is 0 Å². The number of hydrogen-bond donors (Lipinski definition) is 1. The monoisotopic (exact) mass is 355 g/mol. The van der Waals surface area contributed by atoms with Gasteiger partial charge in [-0.05, 0) is 37.1 Å². The van der Waals surface area contributed by atoms with Gasteiger partial charge in [0.25, 0.3) is 0 Å². The van der Waals surface area contributed by atoms with Crippen molar-refractivity contribution in [2.24, 2.45) is 0 Å². The Morgan fingerprint density at radius 3 is 2.33 bits per heavy atom. The van der Waals surface area contributed by atoms with E-state index in [2.05, 4.69) is 5.32 Å². The van der Waals surface area contributed by atoms with E-state index in [1.54, 1.807) is 6.92 Å². The number of amides is 1. The number of rotatable bonds is 8. The molecule has 0 spiro atoms. The van der Waals surface area contributed by atoms with Crippen LogP contribution in [0, 0.1) is 0 Å². The van der Waals surface area contributed by atoms with Gasteiger partial charge in [-0.25, -0.2) is 8.42 Å². The molecule has 1 unspecified atom stereocenters. The normalized spacial score (nSPS) is 13.0. The predicted octanol–water partition coefficient (Wildman–Crippen LogP) is 2.66. The molecule has 0 aliphatic rings. The summed E-state index contributed by atoms with van der Waals surface area (Å²) in [5.74, 6) is -0.0690. The Bertz CT molecular complexity index is 672. The van der Waals surface area contributed by atoms with Gasteiger partial charge in [0.15, 0.2) is 0 Å². The Morgan fingerprint density at radius 1 is 1.25 bits per heavy atom. The second-order valence-corrected chi connectivity index (χ2v) is 8.14. The number of anilines is 2. The van der Waals surface area contributed by atoms with Crippen LogP contribution in [0.3, 0.4) is 0 Å². The molecule has 0 aliphatic heterocycles. The molecule has 0 bridgehead atoms. The minimum atomic E-state index is -3.33. The molecule has 0 saturated carbocycles. The molecule has 0 saturated heterocycles. The van der Waals surface area contributed by atoms with E-state index in [9.17, 15) is 13.2 Å². The molecule has 136 valence electrons. The first kappa shape index (κ1) is 20.4. The SMILES string of the molecule is CCC(=O)Nc1ccc(N(C)C)c(CN(C(C)CC)S(C)(=O)=O)c1. The van der Waals surface area contributed by atoms with E-state index in [0.717, 1.165) is 17.7 Å². The van der Waals surface area contributed by atoms with Gasteiger partial charge >= 0.3 is 0 Å². The standard InChI is InChI=1S/C17H29N3O3S/c1-7-13(3)20(24(6,22)23)12-14-11-15(18-17(21)8-2)9-10-16(14)19(4)5/h9-11,13H,7-8,12H2,1-6H3,(H,18,21). The van der Waals surface area contributed by atoms with E-state index in [1.807, 2.05) is 51.0 Å². The number of nitrogens with zero attached hydrogens (tertiary/aromatic N) is 2. The molecule has 1 atom stereocenters. The van der Waals surface area contributed by atoms with Gasteiger partial charge in [0, 0.05) is 44.5 Å².